The summed E-state index contributed by atoms with van der Waals surface area (Å²) < 4.78 is 65.1. The van der Waals surface area contributed by atoms with E-state index in [-0.39, 0.29) is 44.9 Å². The minimum absolute atomic E-state index is 0.137. The smallest absolute Gasteiger partial charge is 0.391 e. The molecule has 0 aromatic rings. The Morgan fingerprint density at radius 1 is 1.18 bits per heavy atom. The van der Waals surface area contributed by atoms with Gasteiger partial charge in [0.1, 0.15) is 0 Å². The van der Waals surface area contributed by atoms with Crippen LogP contribution >= 0.6 is 0 Å². The Morgan fingerprint density at radius 3 is 2.14 bits per heavy atom. The van der Waals surface area contributed by atoms with Crippen molar-refractivity contribution in [3.63, 3.8) is 0 Å². The van der Waals surface area contributed by atoms with Gasteiger partial charge in [0.2, 0.25) is 0 Å². The lowest BCUT2D eigenvalue weighted by Crippen LogP contribution is -2.49. The van der Waals surface area contributed by atoms with Crippen molar-refractivity contribution in [3.05, 3.63) is 0 Å². The number of halogens is 3. The van der Waals surface area contributed by atoms with Crippen molar-refractivity contribution < 1.29 is 31.5 Å². The summed E-state index contributed by atoms with van der Waals surface area (Å²) in [4.78, 5) is 10.6. The lowest BCUT2D eigenvalue weighted by Gasteiger charge is -2.35. The summed E-state index contributed by atoms with van der Waals surface area (Å²) in [6.07, 6.45) is -3.78. The molecule has 10 heteroatoms. The molecule has 1 N–H and O–H groups in total. The van der Waals surface area contributed by atoms with Crippen molar-refractivity contribution in [3.8, 4) is 0 Å². The molecule has 0 atom stereocenters. The van der Waals surface area contributed by atoms with Crippen LogP contribution in [0.5, 0.6) is 0 Å². The molecule has 0 spiro atoms. The summed E-state index contributed by atoms with van der Waals surface area (Å²) in [5.41, 5.74) is 0. The highest BCUT2D eigenvalue weighted by Crippen LogP contribution is 2.36. The van der Waals surface area contributed by atoms with E-state index in [1.165, 1.54) is 0 Å². The van der Waals surface area contributed by atoms with Crippen LogP contribution in [0.2, 0.25) is 0 Å². The second-order valence-electron chi connectivity index (χ2n) is 5.71. The molecule has 0 radical (unpaired) electrons. The number of carbonyl (C=O) groups is 1. The maximum absolute atomic E-state index is 12.6. The number of hydrogen-bond acceptors (Lipinski definition) is 3. The second-order valence-corrected chi connectivity index (χ2v) is 7.59. The molecule has 1 aliphatic carbocycles. The van der Waals surface area contributed by atoms with E-state index >= 15 is 0 Å². The van der Waals surface area contributed by atoms with Crippen LogP contribution in [0.4, 0.5) is 13.2 Å². The zero-order chi connectivity index (χ0) is 16.5. The minimum Gasteiger partial charge on any atom is -0.481 e. The number of hydrogen-bond donors (Lipinski definition) is 1. The number of carboxylic acid groups (broad SMARTS) is 1. The van der Waals surface area contributed by atoms with Crippen molar-refractivity contribution in [1.29, 1.82) is 0 Å². The summed E-state index contributed by atoms with van der Waals surface area (Å²) >= 11 is 0. The molecule has 1 aliphatic heterocycles. The molecule has 0 bridgehead atoms. The standard InChI is InChI=1S/C12H19F3N2O4S/c13-12(14,15)9-3-6-16(7-4-9)22(20,21)17(10-1-2-10)8-5-11(18)19/h9-10H,1-8H2,(H,18,19). The summed E-state index contributed by atoms with van der Waals surface area (Å²) in [6.45, 7) is -0.493. The van der Waals surface area contributed by atoms with Crippen LogP contribution in [0, 0.1) is 5.92 Å². The zero-order valence-electron chi connectivity index (χ0n) is 11.9. The number of piperidine rings is 1. The first-order chi connectivity index (χ1) is 10.1. The third-order valence-corrected chi connectivity index (χ3v) is 6.13. The van der Waals surface area contributed by atoms with Crippen LogP contribution in [0.1, 0.15) is 32.1 Å². The minimum atomic E-state index is -4.30. The normalized spacial score (nSPS) is 22.2. The van der Waals surface area contributed by atoms with E-state index in [0.717, 1.165) is 8.61 Å². The van der Waals surface area contributed by atoms with Gasteiger partial charge in [0, 0.05) is 25.7 Å². The van der Waals surface area contributed by atoms with Crippen molar-refractivity contribution in [2.75, 3.05) is 19.6 Å². The fourth-order valence-corrected chi connectivity index (χ4v) is 4.50. The molecule has 0 unspecified atom stereocenters. The van der Waals surface area contributed by atoms with Crippen LogP contribution < -0.4 is 0 Å². The van der Waals surface area contributed by atoms with Crippen LogP contribution in [-0.4, -0.2) is 60.0 Å². The summed E-state index contributed by atoms with van der Waals surface area (Å²) in [5, 5.41) is 8.70. The first kappa shape index (κ1) is 17.5. The predicted octanol–water partition coefficient (Wildman–Crippen LogP) is 1.44. The van der Waals surface area contributed by atoms with E-state index in [2.05, 4.69) is 0 Å². The monoisotopic (exact) mass is 344 g/mol. The summed E-state index contributed by atoms with van der Waals surface area (Å²) in [7, 11) is -3.89. The van der Waals surface area contributed by atoms with Crippen LogP contribution in [0.25, 0.3) is 0 Å². The zero-order valence-corrected chi connectivity index (χ0v) is 12.7. The van der Waals surface area contributed by atoms with Gasteiger partial charge in [0.25, 0.3) is 10.2 Å². The molecular weight excluding hydrogens is 325 g/mol. The highest BCUT2D eigenvalue weighted by molar-refractivity contribution is 7.86. The van der Waals surface area contributed by atoms with Crippen LogP contribution in [0.3, 0.4) is 0 Å². The topological polar surface area (TPSA) is 77.9 Å². The Labute approximate surface area is 127 Å². The van der Waals surface area contributed by atoms with Gasteiger partial charge >= 0.3 is 12.1 Å². The first-order valence-corrected chi connectivity index (χ1v) is 8.57. The molecule has 22 heavy (non-hydrogen) atoms. The van der Waals surface area contributed by atoms with Gasteiger partial charge in [-0.05, 0) is 25.7 Å². The molecule has 1 heterocycles. The largest absolute Gasteiger partial charge is 0.481 e. The van der Waals surface area contributed by atoms with E-state index in [0.29, 0.717) is 12.8 Å². The quantitative estimate of drug-likeness (QED) is 0.791. The first-order valence-electron chi connectivity index (χ1n) is 7.18. The SMILES string of the molecule is O=C(O)CCN(C1CC1)S(=O)(=O)N1CCC(C(F)(F)F)CC1. The van der Waals surface area contributed by atoms with Gasteiger partial charge in [-0.1, -0.05) is 0 Å². The highest BCUT2D eigenvalue weighted by Gasteiger charge is 2.45. The summed E-state index contributed by atoms with van der Waals surface area (Å²) in [5.74, 6) is -2.57. The van der Waals surface area contributed by atoms with Gasteiger partial charge in [0.05, 0.1) is 12.3 Å². The third kappa shape index (κ3) is 4.11. The van der Waals surface area contributed by atoms with Crippen molar-refractivity contribution >= 4 is 16.2 Å². The number of aliphatic carboxylic acids is 1. The Morgan fingerprint density at radius 2 is 1.73 bits per heavy atom. The fourth-order valence-electron chi connectivity index (χ4n) is 2.62. The molecule has 0 aromatic carbocycles. The number of alkyl halides is 3. The molecule has 1 saturated carbocycles. The second kappa shape index (κ2) is 6.32. The van der Waals surface area contributed by atoms with Crippen LogP contribution in [-0.2, 0) is 15.0 Å². The van der Waals surface area contributed by atoms with E-state index < -0.39 is 28.3 Å². The van der Waals surface area contributed by atoms with E-state index in [1.54, 1.807) is 0 Å². The van der Waals surface area contributed by atoms with Crippen molar-refractivity contribution in [2.45, 2.75) is 44.3 Å². The molecule has 2 aliphatic rings. The number of nitrogens with zero attached hydrogens (tertiary/aromatic N) is 2. The van der Waals surface area contributed by atoms with Gasteiger partial charge in [-0.3, -0.25) is 4.79 Å². The summed E-state index contributed by atoms with van der Waals surface area (Å²) in [6, 6.07) is -0.218. The fraction of sp³-hybridized carbons (Fsp3) is 0.917. The Hall–Kier alpha value is -0.870. The maximum atomic E-state index is 12.6. The maximum Gasteiger partial charge on any atom is 0.391 e. The molecule has 0 amide bonds. The van der Waals surface area contributed by atoms with E-state index in [1.807, 2.05) is 0 Å². The average molecular weight is 344 g/mol. The molecule has 128 valence electrons. The van der Waals surface area contributed by atoms with E-state index in [4.69, 9.17) is 5.11 Å². The molecule has 2 fully saturated rings. The lowest BCUT2D eigenvalue weighted by molar-refractivity contribution is -0.182. The Bertz CT molecular complexity index is 511. The van der Waals surface area contributed by atoms with Gasteiger partial charge in [-0.25, -0.2) is 0 Å². The van der Waals surface area contributed by atoms with Gasteiger partial charge < -0.3 is 5.11 Å². The number of rotatable bonds is 6. The van der Waals surface area contributed by atoms with Crippen molar-refractivity contribution in [2.24, 2.45) is 5.92 Å². The third-order valence-electron chi connectivity index (χ3n) is 4.04. The number of carboxylic acids is 1. The Kier molecular flexibility index (Phi) is 5.03. The molecule has 1 saturated heterocycles. The molecular formula is C12H19F3N2O4S. The predicted molar refractivity (Wildman–Crippen MR) is 71.3 cm³/mol. The van der Waals surface area contributed by atoms with Gasteiger partial charge in [-0.2, -0.15) is 30.2 Å². The van der Waals surface area contributed by atoms with E-state index in [9.17, 15) is 26.4 Å². The van der Waals surface area contributed by atoms with Crippen LogP contribution in [0.15, 0.2) is 0 Å². The van der Waals surface area contributed by atoms with Gasteiger partial charge in [-0.15, -0.1) is 0 Å². The van der Waals surface area contributed by atoms with Gasteiger partial charge in [0.15, 0.2) is 0 Å². The highest BCUT2D eigenvalue weighted by atomic mass is 32.2. The lowest BCUT2D eigenvalue weighted by atomic mass is 9.98. The van der Waals surface area contributed by atoms with Crippen molar-refractivity contribution in [1.82, 2.24) is 8.61 Å². The Balaban J connectivity index is 2.01. The molecule has 2 rings (SSSR count). The average Bonchev–Trinajstić information content (AvgIpc) is 3.22. The molecule has 0 aromatic heterocycles. The molecule has 6 nitrogen and oxygen atoms in total.